The van der Waals surface area contributed by atoms with Crippen molar-refractivity contribution in [1.82, 2.24) is 9.80 Å². The molecular formula is C24H30N2O3. The number of ether oxygens (including phenoxy) is 1. The monoisotopic (exact) mass is 394 g/mol. The molecule has 1 aliphatic rings. The molecule has 5 nitrogen and oxygen atoms in total. The van der Waals surface area contributed by atoms with Crippen LogP contribution in [-0.4, -0.2) is 54.4 Å². The zero-order valence-corrected chi connectivity index (χ0v) is 17.4. The Bertz CT molecular complexity index is 835. The van der Waals surface area contributed by atoms with Crippen LogP contribution in [0.1, 0.15) is 29.5 Å². The van der Waals surface area contributed by atoms with Crippen molar-refractivity contribution in [2.75, 3.05) is 32.8 Å². The smallest absolute Gasteiger partial charge is 0.260 e. The normalized spacial score (nSPS) is 14.4. The number of carbonyl (C=O) groups is 2. The fraction of sp³-hybridized carbons (Fsp3) is 0.417. The Morgan fingerprint density at radius 3 is 2.28 bits per heavy atom. The second kappa shape index (κ2) is 10.1. The molecule has 0 N–H and O–H groups in total. The van der Waals surface area contributed by atoms with Gasteiger partial charge in [-0.25, -0.2) is 0 Å². The van der Waals surface area contributed by atoms with E-state index >= 15 is 0 Å². The molecule has 2 aromatic rings. The van der Waals surface area contributed by atoms with Gasteiger partial charge in [0, 0.05) is 32.6 Å². The van der Waals surface area contributed by atoms with Crippen LogP contribution in [0.2, 0.25) is 0 Å². The standard InChI is InChI=1S/C24H30N2O3/c1-19-8-6-11-22(20(19)2)29-18-24(28)26-15-7-14-25(16-17-26)23(27)13-12-21-9-4-3-5-10-21/h3-6,8-11H,7,12-18H2,1-2H3. The fourth-order valence-electron chi connectivity index (χ4n) is 3.58. The van der Waals surface area contributed by atoms with Gasteiger partial charge in [-0.2, -0.15) is 0 Å². The Balaban J connectivity index is 1.46. The van der Waals surface area contributed by atoms with Gasteiger partial charge in [0.15, 0.2) is 6.61 Å². The molecule has 0 radical (unpaired) electrons. The van der Waals surface area contributed by atoms with E-state index in [4.69, 9.17) is 4.74 Å². The molecular weight excluding hydrogens is 364 g/mol. The highest BCUT2D eigenvalue weighted by Gasteiger charge is 2.22. The largest absolute Gasteiger partial charge is 0.483 e. The third-order valence-electron chi connectivity index (χ3n) is 5.58. The molecule has 0 spiro atoms. The minimum atomic E-state index is -0.0236. The van der Waals surface area contributed by atoms with Gasteiger partial charge in [0.05, 0.1) is 0 Å². The van der Waals surface area contributed by atoms with Crippen molar-refractivity contribution in [2.24, 2.45) is 0 Å². The van der Waals surface area contributed by atoms with E-state index in [0.29, 0.717) is 32.6 Å². The minimum absolute atomic E-state index is 0.0236. The molecule has 154 valence electrons. The molecule has 2 aromatic carbocycles. The van der Waals surface area contributed by atoms with Gasteiger partial charge >= 0.3 is 0 Å². The first-order chi connectivity index (χ1) is 14.0. The summed E-state index contributed by atoms with van der Waals surface area (Å²) < 4.78 is 5.76. The van der Waals surface area contributed by atoms with Crippen LogP contribution in [0, 0.1) is 13.8 Å². The minimum Gasteiger partial charge on any atom is -0.483 e. The molecule has 1 fully saturated rings. The molecule has 0 atom stereocenters. The molecule has 0 saturated carbocycles. The lowest BCUT2D eigenvalue weighted by Crippen LogP contribution is -2.39. The van der Waals surface area contributed by atoms with E-state index in [1.807, 2.05) is 72.2 Å². The van der Waals surface area contributed by atoms with Crippen molar-refractivity contribution >= 4 is 11.8 Å². The lowest BCUT2D eigenvalue weighted by atomic mass is 10.1. The van der Waals surface area contributed by atoms with Gasteiger partial charge in [-0.3, -0.25) is 9.59 Å². The van der Waals surface area contributed by atoms with E-state index in [1.165, 1.54) is 5.56 Å². The van der Waals surface area contributed by atoms with E-state index in [2.05, 4.69) is 0 Å². The third-order valence-corrected chi connectivity index (χ3v) is 5.58. The average Bonchev–Trinajstić information content (AvgIpc) is 3.00. The molecule has 1 heterocycles. The third kappa shape index (κ3) is 5.83. The number of benzene rings is 2. The highest BCUT2D eigenvalue weighted by molar-refractivity contribution is 5.79. The van der Waals surface area contributed by atoms with Gasteiger partial charge in [0.1, 0.15) is 5.75 Å². The second-order valence-electron chi connectivity index (χ2n) is 7.59. The van der Waals surface area contributed by atoms with Crippen LogP contribution in [0.3, 0.4) is 0 Å². The van der Waals surface area contributed by atoms with Gasteiger partial charge in [0.25, 0.3) is 5.91 Å². The van der Waals surface area contributed by atoms with Crippen LogP contribution in [-0.2, 0) is 16.0 Å². The molecule has 5 heteroatoms. The van der Waals surface area contributed by atoms with Crippen molar-refractivity contribution in [3.05, 3.63) is 65.2 Å². The van der Waals surface area contributed by atoms with Crippen LogP contribution in [0.15, 0.2) is 48.5 Å². The Labute approximate surface area is 173 Å². The predicted molar refractivity (Wildman–Crippen MR) is 114 cm³/mol. The number of hydrogen-bond donors (Lipinski definition) is 0. The second-order valence-corrected chi connectivity index (χ2v) is 7.59. The van der Waals surface area contributed by atoms with Crippen molar-refractivity contribution in [3.63, 3.8) is 0 Å². The number of aryl methyl sites for hydroxylation is 2. The van der Waals surface area contributed by atoms with Crippen LogP contribution in [0.5, 0.6) is 5.75 Å². The molecule has 1 saturated heterocycles. The first-order valence-electron chi connectivity index (χ1n) is 10.3. The molecule has 0 aliphatic carbocycles. The van der Waals surface area contributed by atoms with Crippen molar-refractivity contribution < 1.29 is 14.3 Å². The molecule has 29 heavy (non-hydrogen) atoms. The van der Waals surface area contributed by atoms with Crippen molar-refractivity contribution in [3.8, 4) is 5.75 Å². The summed E-state index contributed by atoms with van der Waals surface area (Å²) in [5.74, 6) is 0.894. The van der Waals surface area contributed by atoms with Gasteiger partial charge in [0.2, 0.25) is 5.91 Å². The Morgan fingerprint density at radius 2 is 1.55 bits per heavy atom. The van der Waals surface area contributed by atoms with Gasteiger partial charge in [-0.05, 0) is 49.4 Å². The van der Waals surface area contributed by atoms with Gasteiger partial charge < -0.3 is 14.5 Å². The summed E-state index contributed by atoms with van der Waals surface area (Å²) in [6.45, 7) is 6.58. The fourth-order valence-corrected chi connectivity index (χ4v) is 3.58. The first-order valence-corrected chi connectivity index (χ1v) is 10.3. The summed E-state index contributed by atoms with van der Waals surface area (Å²) >= 11 is 0. The molecule has 1 aliphatic heterocycles. The van der Waals surface area contributed by atoms with E-state index in [-0.39, 0.29) is 18.4 Å². The quantitative estimate of drug-likeness (QED) is 0.755. The number of hydrogen-bond acceptors (Lipinski definition) is 3. The summed E-state index contributed by atoms with van der Waals surface area (Å²) in [7, 11) is 0. The lowest BCUT2D eigenvalue weighted by molar-refractivity contribution is -0.134. The molecule has 0 bridgehead atoms. The Hall–Kier alpha value is -2.82. The highest BCUT2D eigenvalue weighted by atomic mass is 16.5. The van der Waals surface area contributed by atoms with E-state index in [1.54, 1.807) is 0 Å². The average molecular weight is 395 g/mol. The SMILES string of the molecule is Cc1cccc(OCC(=O)N2CCCN(C(=O)CCc3ccccc3)CC2)c1C. The van der Waals surface area contributed by atoms with Crippen molar-refractivity contribution in [2.45, 2.75) is 33.1 Å². The zero-order valence-electron chi connectivity index (χ0n) is 17.4. The molecule has 0 unspecified atom stereocenters. The van der Waals surface area contributed by atoms with Crippen LogP contribution in [0.25, 0.3) is 0 Å². The summed E-state index contributed by atoms with van der Waals surface area (Å²) in [6.07, 6.45) is 2.06. The number of nitrogens with zero attached hydrogens (tertiary/aromatic N) is 2. The van der Waals surface area contributed by atoms with E-state index in [0.717, 1.165) is 29.7 Å². The Morgan fingerprint density at radius 1 is 0.862 bits per heavy atom. The number of carbonyl (C=O) groups excluding carboxylic acids is 2. The molecule has 3 rings (SSSR count). The van der Waals surface area contributed by atoms with Crippen LogP contribution >= 0.6 is 0 Å². The summed E-state index contributed by atoms with van der Waals surface area (Å²) in [6, 6.07) is 15.9. The highest BCUT2D eigenvalue weighted by Crippen LogP contribution is 2.20. The maximum atomic E-state index is 12.6. The summed E-state index contributed by atoms with van der Waals surface area (Å²) in [5.41, 5.74) is 3.39. The van der Waals surface area contributed by atoms with Crippen molar-refractivity contribution in [1.29, 1.82) is 0 Å². The predicted octanol–water partition coefficient (Wildman–Crippen LogP) is 3.38. The van der Waals surface area contributed by atoms with Crippen LogP contribution in [0.4, 0.5) is 0 Å². The summed E-state index contributed by atoms with van der Waals surface area (Å²) in [4.78, 5) is 28.9. The van der Waals surface area contributed by atoms with Gasteiger partial charge in [-0.15, -0.1) is 0 Å². The van der Waals surface area contributed by atoms with Gasteiger partial charge in [-0.1, -0.05) is 42.5 Å². The van der Waals surface area contributed by atoms with E-state index < -0.39 is 0 Å². The topological polar surface area (TPSA) is 49.9 Å². The number of rotatable bonds is 6. The van der Waals surface area contributed by atoms with E-state index in [9.17, 15) is 9.59 Å². The first kappa shape index (κ1) is 20.9. The lowest BCUT2D eigenvalue weighted by Gasteiger charge is -2.22. The molecule has 0 aromatic heterocycles. The maximum absolute atomic E-state index is 12.6. The summed E-state index contributed by atoms with van der Waals surface area (Å²) in [5, 5.41) is 0. The zero-order chi connectivity index (χ0) is 20.6. The maximum Gasteiger partial charge on any atom is 0.260 e. The molecule has 2 amide bonds. The van der Waals surface area contributed by atoms with Crippen LogP contribution < -0.4 is 4.74 Å². The Kier molecular flexibility index (Phi) is 7.28. The number of amides is 2.